The van der Waals surface area contributed by atoms with E-state index in [1.54, 1.807) is 30.3 Å². The number of benzene rings is 1. The van der Waals surface area contributed by atoms with Gasteiger partial charge in [-0.2, -0.15) is 0 Å². The Balaban J connectivity index is 2.04. The van der Waals surface area contributed by atoms with Crippen LogP contribution in [0.4, 0.5) is 0 Å². The molecule has 0 saturated carbocycles. The molecule has 2 aromatic heterocycles. The van der Waals surface area contributed by atoms with Gasteiger partial charge in [-0.05, 0) is 30.7 Å². The Morgan fingerprint density at radius 2 is 2.14 bits per heavy atom. The zero-order valence-corrected chi connectivity index (χ0v) is 11.9. The Hall–Kier alpha value is -2.54. The lowest BCUT2D eigenvalue weighted by molar-refractivity contribution is 0.0702. The molecule has 0 aliphatic carbocycles. The summed E-state index contributed by atoms with van der Waals surface area (Å²) in [5, 5.41) is 17.4. The van der Waals surface area contributed by atoms with Crippen molar-refractivity contribution in [2.24, 2.45) is 0 Å². The van der Waals surface area contributed by atoms with E-state index in [2.05, 4.69) is 10.3 Å². The minimum atomic E-state index is -0.966. The number of carboxylic acids is 1. The molecule has 0 atom stereocenters. The van der Waals surface area contributed by atoms with Crippen molar-refractivity contribution < 1.29 is 9.90 Å². The fraction of sp³-hybridized carbons (Fsp3) is 0.143. The zero-order valence-electron chi connectivity index (χ0n) is 11.1. The number of fused-ring (bicyclic) bond motifs is 1. The fourth-order valence-corrected chi connectivity index (χ4v) is 2.94. The van der Waals surface area contributed by atoms with Crippen LogP contribution in [0.25, 0.3) is 10.9 Å². The van der Waals surface area contributed by atoms with Gasteiger partial charge in [0.05, 0.1) is 11.9 Å². The van der Waals surface area contributed by atoms with Crippen molar-refractivity contribution in [3.05, 3.63) is 56.0 Å². The van der Waals surface area contributed by atoms with Crippen LogP contribution in [0.3, 0.4) is 0 Å². The van der Waals surface area contributed by atoms with Gasteiger partial charge in [-0.25, -0.2) is 9.48 Å². The Kier molecular flexibility index (Phi) is 3.26. The number of aryl methyl sites for hydroxylation is 1. The van der Waals surface area contributed by atoms with E-state index in [4.69, 9.17) is 5.11 Å². The predicted molar refractivity (Wildman–Crippen MR) is 78.9 cm³/mol. The molecule has 0 fully saturated rings. The molecular weight excluding hydrogens is 290 g/mol. The molecule has 2 heterocycles. The Morgan fingerprint density at radius 3 is 2.86 bits per heavy atom. The molecule has 106 valence electrons. The average molecular weight is 301 g/mol. The first-order chi connectivity index (χ1) is 10.1. The second-order valence-corrected chi connectivity index (χ2v) is 5.82. The summed E-state index contributed by atoms with van der Waals surface area (Å²) in [6.07, 6.45) is 0. The highest BCUT2D eigenvalue weighted by molar-refractivity contribution is 7.14. The summed E-state index contributed by atoms with van der Waals surface area (Å²) in [6, 6.07) is 8.57. The molecule has 1 aromatic carbocycles. The Morgan fingerprint density at radius 1 is 1.38 bits per heavy atom. The van der Waals surface area contributed by atoms with Gasteiger partial charge in [-0.15, -0.1) is 16.4 Å². The largest absolute Gasteiger partial charge is 0.477 e. The first-order valence-corrected chi connectivity index (χ1v) is 7.03. The van der Waals surface area contributed by atoms with Crippen molar-refractivity contribution >= 4 is 28.2 Å². The topological polar surface area (TPSA) is 85.1 Å². The Labute approximate surface area is 123 Å². The lowest BCUT2D eigenvalue weighted by Crippen LogP contribution is -2.24. The minimum absolute atomic E-state index is 0.215. The number of carboxylic acid groups (broad SMARTS) is 1. The quantitative estimate of drug-likeness (QED) is 0.798. The monoisotopic (exact) mass is 301 g/mol. The van der Waals surface area contributed by atoms with Crippen LogP contribution < -0.4 is 5.56 Å². The summed E-state index contributed by atoms with van der Waals surface area (Å²) in [5.74, 6) is -0.966. The molecule has 7 heteroatoms. The molecule has 3 rings (SSSR count). The number of aromatic carboxylic acids is 1. The first kappa shape index (κ1) is 13.4. The van der Waals surface area contributed by atoms with Gasteiger partial charge < -0.3 is 5.11 Å². The molecule has 6 nitrogen and oxygen atoms in total. The van der Waals surface area contributed by atoms with Crippen molar-refractivity contribution in [3.8, 4) is 0 Å². The summed E-state index contributed by atoms with van der Waals surface area (Å²) in [7, 11) is 0. The van der Waals surface area contributed by atoms with Crippen molar-refractivity contribution in [2.75, 3.05) is 0 Å². The lowest BCUT2D eigenvalue weighted by Gasteiger charge is -2.04. The summed E-state index contributed by atoms with van der Waals surface area (Å²) in [6.45, 7) is 2.04. The molecule has 0 unspecified atom stereocenters. The maximum Gasteiger partial charge on any atom is 0.345 e. The number of hydrogen-bond acceptors (Lipinski definition) is 5. The van der Waals surface area contributed by atoms with Crippen molar-refractivity contribution in [1.29, 1.82) is 0 Å². The van der Waals surface area contributed by atoms with Crippen LogP contribution in [0.1, 0.15) is 20.1 Å². The maximum absolute atomic E-state index is 12.3. The molecule has 1 N–H and O–H groups in total. The van der Waals surface area contributed by atoms with Crippen LogP contribution in [-0.2, 0) is 6.54 Å². The van der Waals surface area contributed by atoms with Gasteiger partial charge in [0.1, 0.15) is 10.4 Å². The number of rotatable bonds is 3. The smallest absolute Gasteiger partial charge is 0.345 e. The molecule has 0 bridgehead atoms. The number of nitrogens with zero attached hydrogens (tertiary/aromatic N) is 3. The van der Waals surface area contributed by atoms with Crippen LogP contribution in [0.2, 0.25) is 0 Å². The first-order valence-electron chi connectivity index (χ1n) is 6.21. The van der Waals surface area contributed by atoms with Gasteiger partial charge in [-0.3, -0.25) is 4.79 Å². The third kappa shape index (κ3) is 2.43. The molecule has 0 aliphatic rings. The molecule has 0 saturated heterocycles. The van der Waals surface area contributed by atoms with Gasteiger partial charge >= 0.3 is 5.97 Å². The van der Waals surface area contributed by atoms with Gasteiger partial charge in [0, 0.05) is 4.88 Å². The van der Waals surface area contributed by atoms with Crippen molar-refractivity contribution in [3.63, 3.8) is 0 Å². The van der Waals surface area contributed by atoms with Crippen molar-refractivity contribution in [2.45, 2.75) is 13.5 Å². The molecule has 3 aromatic rings. The standard InChI is InChI=1S/C14H11N3O3S/c1-8-9(6-12(21-8)14(19)20)7-17-13(18)10-4-2-3-5-11(10)15-16-17/h2-6H,7H2,1H3,(H,19,20). The third-order valence-electron chi connectivity index (χ3n) is 3.18. The van der Waals surface area contributed by atoms with Crippen LogP contribution in [-0.4, -0.2) is 26.1 Å². The second-order valence-electron chi connectivity index (χ2n) is 4.57. The highest BCUT2D eigenvalue weighted by atomic mass is 32.1. The molecule has 0 spiro atoms. The molecular formula is C14H11N3O3S. The highest BCUT2D eigenvalue weighted by Crippen LogP contribution is 2.22. The summed E-state index contributed by atoms with van der Waals surface area (Å²) >= 11 is 1.19. The number of hydrogen-bond donors (Lipinski definition) is 1. The number of carbonyl (C=O) groups is 1. The predicted octanol–water partition coefficient (Wildman–Crippen LogP) is 1.91. The van der Waals surface area contributed by atoms with E-state index in [1.165, 1.54) is 16.0 Å². The van der Waals surface area contributed by atoms with Crippen LogP contribution in [0.5, 0.6) is 0 Å². The number of aromatic nitrogens is 3. The van der Waals surface area contributed by atoms with Gasteiger partial charge in [0.25, 0.3) is 5.56 Å². The molecule has 0 aliphatic heterocycles. The van der Waals surface area contributed by atoms with E-state index in [0.717, 1.165) is 10.4 Å². The molecule has 0 radical (unpaired) electrons. The summed E-state index contributed by atoms with van der Waals surface area (Å²) < 4.78 is 1.25. The highest BCUT2D eigenvalue weighted by Gasteiger charge is 2.13. The summed E-state index contributed by atoms with van der Waals surface area (Å²) in [5.41, 5.74) is 1.08. The van der Waals surface area contributed by atoms with E-state index >= 15 is 0 Å². The van der Waals surface area contributed by atoms with E-state index in [9.17, 15) is 9.59 Å². The van der Waals surface area contributed by atoms with E-state index in [0.29, 0.717) is 10.9 Å². The SMILES string of the molecule is Cc1sc(C(=O)O)cc1Cn1nnc2ccccc2c1=O. The van der Waals surface area contributed by atoms with Crippen LogP contribution in [0, 0.1) is 6.92 Å². The van der Waals surface area contributed by atoms with E-state index < -0.39 is 5.97 Å². The van der Waals surface area contributed by atoms with Gasteiger partial charge in [0.2, 0.25) is 0 Å². The fourth-order valence-electron chi connectivity index (χ4n) is 2.07. The van der Waals surface area contributed by atoms with Gasteiger partial charge in [0.15, 0.2) is 0 Å². The third-order valence-corrected chi connectivity index (χ3v) is 4.26. The average Bonchev–Trinajstić information content (AvgIpc) is 2.84. The summed E-state index contributed by atoms with van der Waals surface area (Å²) in [4.78, 5) is 24.4. The molecule has 21 heavy (non-hydrogen) atoms. The normalized spacial score (nSPS) is 10.9. The molecule has 0 amide bonds. The number of thiophene rings is 1. The van der Waals surface area contributed by atoms with E-state index in [-0.39, 0.29) is 17.0 Å². The van der Waals surface area contributed by atoms with Crippen LogP contribution in [0.15, 0.2) is 35.1 Å². The Bertz CT molecular complexity index is 898. The lowest BCUT2D eigenvalue weighted by atomic mass is 10.2. The van der Waals surface area contributed by atoms with Crippen molar-refractivity contribution in [1.82, 2.24) is 15.0 Å². The second kappa shape index (κ2) is 5.10. The van der Waals surface area contributed by atoms with E-state index in [1.807, 2.05) is 6.92 Å². The minimum Gasteiger partial charge on any atom is -0.477 e. The van der Waals surface area contributed by atoms with Crippen LogP contribution >= 0.6 is 11.3 Å². The zero-order chi connectivity index (χ0) is 15.0. The van der Waals surface area contributed by atoms with Gasteiger partial charge in [-0.1, -0.05) is 17.3 Å². The maximum atomic E-state index is 12.3.